The van der Waals surface area contributed by atoms with Gasteiger partial charge in [-0.25, -0.2) is 0 Å². The second-order valence-electron chi connectivity index (χ2n) is 4.50. The standard InChI is InChI=1S/C14H16N2O3S/c1-3-11-13(18)15-12(17)8-16(11)14(19)9-4-6-10(20-2)7-5-9/h4-7,11H,3,8H2,1-2H3,(H,15,17,18). The monoisotopic (exact) mass is 292 g/mol. The first-order valence-corrected chi connectivity index (χ1v) is 7.58. The first kappa shape index (κ1) is 14.6. The van der Waals surface area contributed by atoms with Crippen LogP contribution in [0.25, 0.3) is 0 Å². The summed E-state index contributed by atoms with van der Waals surface area (Å²) in [6.45, 7) is 1.74. The fraction of sp³-hybridized carbons (Fsp3) is 0.357. The zero-order valence-electron chi connectivity index (χ0n) is 11.4. The van der Waals surface area contributed by atoms with Crippen LogP contribution in [0.2, 0.25) is 0 Å². The molecule has 1 unspecified atom stereocenters. The summed E-state index contributed by atoms with van der Waals surface area (Å²) in [4.78, 5) is 38.1. The molecule has 6 heteroatoms. The molecule has 1 N–H and O–H groups in total. The van der Waals surface area contributed by atoms with Crippen LogP contribution in [0.15, 0.2) is 29.2 Å². The Bertz CT molecular complexity index is 542. The summed E-state index contributed by atoms with van der Waals surface area (Å²) >= 11 is 1.59. The molecular weight excluding hydrogens is 276 g/mol. The lowest BCUT2D eigenvalue weighted by atomic mass is 10.1. The number of benzene rings is 1. The first-order chi connectivity index (χ1) is 9.56. The average molecular weight is 292 g/mol. The quantitative estimate of drug-likeness (QED) is 0.673. The van der Waals surface area contributed by atoms with Crippen molar-refractivity contribution in [1.29, 1.82) is 0 Å². The molecule has 1 aliphatic rings. The van der Waals surface area contributed by atoms with Gasteiger partial charge < -0.3 is 4.90 Å². The molecule has 1 heterocycles. The Balaban J connectivity index is 2.24. The number of carbonyl (C=O) groups excluding carboxylic acids is 3. The number of rotatable bonds is 3. The predicted octanol–water partition coefficient (Wildman–Crippen LogP) is 1.29. The maximum atomic E-state index is 12.4. The van der Waals surface area contributed by atoms with Crippen molar-refractivity contribution in [2.45, 2.75) is 24.3 Å². The number of hydrogen-bond donors (Lipinski definition) is 1. The SMILES string of the molecule is CCC1C(=O)NC(=O)CN1C(=O)c1ccc(SC)cc1. The summed E-state index contributed by atoms with van der Waals surface area (Å²) < 4.78 is 0. The number of thioether (sulfide) groups is 1. The Hall–Kier alpha value is -1.82. The number of nitrogens with one attached hydrogen (secondary N) is 1. The molecule has 0 aromatic heterocycles. The molecule has 2 rings (SSSR count). The molecule has 20 heavy (non-hydrogen) atoms. The average Bonchev–Trinajstić information content (AvgIpc) is 2.46. The lowest BCUT2D eigenvalue weighted by molar-refractivity contribution is -0.138. The molecule has 1 saturated heterocycles. The van der Waals surface area contributed by atoms with E-state index in [0.717, 1.165) is 4.90 Å². The summed E-state index contributed by atoms with van der Waals surface area (Å²) in [6.07, 6.45) is 2.44. The Morgan fingerprint density at radius 3 is 2.55 bits per heavy atom. The van der Waals surface area contributed by atoms with Crippen LogP contribution in [-0.2, 0) is 9.59 Å². The number of hydrogen-bond acceptors (Lipinski definition) is 4. The predicted molar refractivity (Wildman–Crippen MR) is 76.5 cm³/mol. The van der Waals surface area contributed by atoms with Crippen LogP contribution in [0.5, 0.6) is 0 Å². The lowest BCUT2D eigenvalue weighted by Gasteiger charge is -2.33. The zero-order chi connectivity index (χ0) is 14.7. The molecule has 0 saturated carbocycles. The van der Waals surface area contributed by atoms with Crippen molar-refractivity contribution < 1.29 is 14.4 Å². The summed E-state index contributed by atoms with van der Waals surface area (Å²) in [7, 11) is 0. The van der Waals surface area contributed by atoms with Gasteiger partial charge in [-0.1, -0.05) is 6.92 Å². The Kier molecular flexibility index (Phi) is 4.44. The first-order valence-electron chi connectivity index (χ1n) is 6.35. The maximum absolute atomic E-state index is 12.4. The second-order valence-corrected chi connectivity index (χ2v) is 5.38. The highest BCUT2D eigenvalue weighted by molar-refractivity contribution is 7.98. The lowest BCUT2D eigenvalue weighted by Crippen LogP contribution is -2.59. The molecule has 1 fully saturated rings. The molecule has 0 aliphatic carbocycles. The molecule has 5 nitrogen and oxygen atoms in total. The highest BCUT2D eigenvalue weighted by atomic mass is 32.2. The summed E-state index contributed by atoms with van der Waals surface area (Å²) in [5, 5.41) is 2.26. The van der Waals surface area contributed by atoms with Gasteiger partial charge in [-0.3, -0.25) is 19.7 Å². The van der Waals surface area contributed by atoms with E-state index in [1.807, 2.05) is 25.3 Å². The van der Waals surface area contributed by atoms with Gasteiger partial charge in [-0.2, -0.15) is 0 Å². The Morgan fingerprint density at radius 1 is 1.35 bits per heavy atom. The smallest absolute Gasteiger partial charge is 0.255 e. The molecule has 106 valence electrons. The van der Waals surface area contributed by atoms with E-state index in [-0.39, 0.29) is 12.5 Å². The largest absolute Gasteiger partial charge is 0.317 e. The van der Waals surface area contributed by atoms with Crippen molar-refractivity contribution in [1.82, 2.24) is 10.2 Å². The van der Waals surface area contributed by atoms with Crippen LogP contribution in [-0.4, -0.2) is 41.5 Å². The van der Waals surface area contributed by atoms with E-state index in [2.05, 4.69) is 5.32 Å². The third-order valence-corrected chi connectivity index (χ3v) is 3.98. The van der Waals surface area contributed by atoms with Crippen LogP contribution < -0.4 is 5.32 Å². The van der Waals surface area contributed by atoms with Crippen LogP contribution in [0.3, 0.4) is 0 Å². The molecule has 0 radical (unpaired) electrons. The van der Waals surface area contributed by atoms with Crippen molar-refractivity contribution in [2.75, 3.05) is 12.8 Å². The molecule has 1 aromatic carbocycles. The molecule has 1 aromatic rings. The normalized spacial score (nSPS) is 18.9. The Labute approximate surface area is 121 Å². The van der Waals surface area contributed by atoms with Crippen LogP contribution >= 0.6 is 11.8 Å². The van der Waals surface area contributed by atoms with Gasteiger partial charge in [-0.05, 0) is 36.9 Å². The summed E-state index contributed by atoms with van der Waals surface area (Å²) in [6, 6.07) is 6.56. The number of nitrogens with zero attached hydrogens (tertiary/aromatic N) is 1. The van der Waals surface area contributed by atoms with Gasteiger partial charge in [0.25, 0.3) is 5.91 Å². The fourth-order valence-corrected chi connectivity index (χ4v) is 2.59. The third kappa shape index (κ3) is 2.85. The van der Waals surface area contributed by atoms with E-state index in [0.29, 0.717) is 12.0 Å². The zero-order valence-corrected chi connectivity index (χ0v) is 12.2. The molecule has 1 aliphatic heterocycles. The van der Waals surface area contributed by atoms with E-state index in [1.54, 1.807) is 23.9 Å². The molecule has 1 atom stereocenters. The van der Waals surface area contributed by atoms with Gasteiger partial charge >= 0.3 is 0 Å². The number of amides is 3. The van der Waals surface area contributed by atoms with E-state index in [1.165, 1.54) is 4.90 Å². The van der Waals surface area contributed by atoms with E-state index >= 15 is 0 Å². The summed E-state index contributed by atoms with van der Waals surface area (Å²) in [5.41, 5.74) is 0.490. The Morgan fingerprint density at radius 2 is 2.00 bits per heavy atom. The number of carbonyl (C=O) groups is 3. The highest BCUT2D eigenvalue weighted by Gasteiger charge is 2.35. The van der Waals surface area contributed by atoms with Gasteiger partial charge in [0.1, 0.15) is 12.6 Å². The van der Waals surface area contributed by atoms with E-state index < -0.39 is 17.9 Å². The maximum Gasteiger partial charge on any atom is 0.255 e. The van der Waals surface area contributed by atoms with Gasteiger partial charge in [0.05, 0.1) is 0 Å². The van der Waals surface area contributed by atoms with Gasteiger partial charge in [0, 0.05) is 10.5 Å². The minimum Gasteiger partial charge on any atom is -0.317 e. The minimum absolute atomic E-state index is 0.0760. The topological polar surface area (TPSA) is 66.5 Å². The summed E-state index contributed by atoms with van der Waals surface area (Å²) in [5.74, 6) is -1.13. The highest BCUT2D eigenvalue weighted by Crippen LogP contribution is 2.18. The van der Waals surface area contributed by atoms with Gasteiger partial charge in [0.15, 0.2) is 0 Å². The molecule has 0 bridgehead atoms. The third-order valence-electron chi connectivity index (χ3n) is 3.24. The van der Waals surface area contributed by atoms with Crippen molar-refractivity contribution in [3.8, 4) is 0 Å². The molecule has 3 amide bonds. The van der Waals surface area contributed by atoms with Crippen molar-refractivity contribution >= 4 is 29.5 Å². The van der Waals surface area contributed by atoms with Crippen LogP contribution in [0.4, 0.5) is 0 Å². The van der Waals surface area contributed by atoms with E-state index in [9.17, 15) is 14.4 Å². The van der Waals surface area contributed by atoms with Crippen molar-refractivity contribution in [3.05, 3.63) is 29.8 Å². The van der Waals surface area contributed by atoms with Gasteiger partial charge in [0.2, 0.25) is 11.8 Å². The van der Waals surface area contributed by atoms with Crippen molar-refractivity contribution in [3.63, 3.8) is 0 Å². The molecular formula is C14H16N2O3S. The van der Waals surface area contributed by atoms with Gasteiger partial charge in [-0.15, -0.1) is 11.8 Å². The number of imide groups is 1. The fourth-order valence-electron chi connectivity index (χ4n) is 2.19. The number of piperazine rings is 1. The van der Waals surface area contributed by atoms with E-state index in [4.69, 9.17) is 0 Å². The second kappa shape index (κ2) is 6.09. The molecule has 0 spiro atoms. The minimum atomic E-state index is -0.583. The van der Waals surface area contributed by atoms with Crippen LogP contribution in [0, 0.1) is 0 Å². The van der Waals surface area contributed by atoms with Crippen LogP contribution in [0.1, 0.15) is 23.7 Å². The van der Waals surface area contributed by atoms with Crippen molar-refractivity contribution in [2.24, 2.45) is 0 Å².